The molecule has 0 bridgehead atoms. The molecule has 0 aliphatic carbocycles. The Bertz CT molecular complexity index is 414. The quantitative estimate of drug-likeness (QED) is 0.606. The predicted molar refractivity (Wildman–Crippen MR) is 56.4 cm³/mol. The third-order valence-electron chi connectivity index (χ3n) is 1.74. The number of allylic oxidation sites excluding steroid dienone is 2. The lowest BCUT2D eigenvalue weighted by Crippen LogP contribution is -1.97. The molecule has 2 N–H and O–H groups in total. The Morgan fingerprint density at radius 3 is 2.67 bits per heavy atom. The molecule has 0 saturated carbocycles. The molecule has 1 aromatic heterocycles. The zero-order chi connectivity index (χ0) is 11.3. The highest BCUT2D eigenvalue weighted by Gasteiger charge is 2.10. The SMILES string of the molecule is N#C/C(=C(/O)CCC(=O)O)c1cccs1. The first-order valence-electron chi connectivity index (χ1n) is 4.23. The molecule has 1 aromatic rings. The second kappa shape index (κ2) is 5.17. The largest absolute Gasteiger partial charge is 0.511 e. The summed E-state index contributed by atoms with van der Waals surface area (Å²) in [4.78, 5) is 10.9. The second-order valence-corrected chi connectivity index (χ2v) is 3.75. The van der Waals surface area contributed by atoms with Crippen molar-refractivity contribution in [1.29, 1.82) is 5.26 Å². The predicted octanol–water partition coefficient (Wildman–Crippen LogP) is 2.41. The lowest BCUT2D eigenvalue weighted by Gasteiger charge is -2.00. The zero-order valence-corrected chi connectivity index (χ0v) is 8.62. The van der Waals surface area contributed by atoms with Gasteiger partial charge in [-0.3, -0.25) is 4.79 Å². The third-order valence-corrected chi connectivity index (χ3v) is 2.63. The van der Waals surface area contributed by atoms with Gasteiger partial charge in [-0.25, -0.2) is 0 Å². The number of aliphatic carboxylic acids is 1. The Hall–Kier alpha value is -1.80. The molecule has 0 radical (unpaired) electrons. The molecule has 0 aromatic carbocycles. The van der Waals surface area contributed by atoms with Crippen molar-refractivity contribution in [2.45, 2.75) is 12.8 Å². The van der Waals surface area contributed by atoms with Crippen LogP contribution in [0.3, 0.4) is 0 Å². The molecular weight excluding hydrogens is 214 g/mol. The summed E-state index contributed by atoms with van der Waals surface area (Å²) in [6.45, 7) is 0. The van der Waals surface area contributed by atoms with E-state index in [-0.39, 0.29) is 24.2 Å². The number of thiophene rings is 1. The smallest absolute Gasteiger partial charge is 0.303 e. The van der Waals surface area contributed by atoms with Crippen molar-refractivity contribution in [1.82, 2.24) is 0 Å². The minimum absolute atomic E-state index is 0.0177. The van der Waals surface area contributed by atoms with E-state index in [9.17, 15) is 9.90 Å². The maximum Gasteiger partial charge on any atom is 0.303 e. The van der Waals surface area contributed by atoms with E-state index in [0.717, 1.165) is 0 Å². The number of nitrogens with zero attached hydrogens (tertiary/aromatic N) is 1. The van der Waals surface area contributed by atoms with Crippen LogP contribution in [-0.2, 0) is 4.79 Å². The van der Waals surface area contributed by atoms with E-state index in [1.165, 1.54) is 11.3 Å². The topological polar surface area (TPSA) is 81.3 Å². The van der Waals surface area contributed by atoms with Crippen molar-refractivity contribution in [3.05, 3.63) is 28.1 Å². The first-order valence-corrected chi connectivity index (χ1v) is 5.11. The Kier molecular flexibility index (Phi) is 3.89. The van der Waals surface area contributed by atoms with Crippen LogP contribution in [0, 0.1) is 11.3 Å². The van der Waals surface area contributed by atoms with Gasteiger partial charge in [-0.15, -0.1) is 11.3 Å². The van der Waals surface area contributed by atoms with E-state index in [0.29, 0.717) is 4.88 Å². The molecule has 0 spiro atoms. The minimum atomic E-state index is -0.995. The van der Waals surface area contributed by atoms with Crippen LogP contribution in [0.5, 0.6) is 0 Å². The normalized spacial score (nSPS) is 11.7. The van der Waals surface area contributed by atoms with E-state index in [1.807, 2.05) is 6.07 Å². The molecule has 4 nitrogen and oxygen atoms in total. The van der Waals surface area contributed by atoms with Gasteiger partial charge in [0.1, 0.15) is 17.4 Å². The van der Waals surface area contributed by atoms with Crippen molar-refractivity contribution in [2.24, 2.45) is 0 Å². The highest BCUT2D eigenvalue weighted by Crippen LogP contribution is 2.23. The molecule has 0 amide bonds. The van der Waals surface area contributed by atoms with E-state index < -0.39 is 5.97 Å². The molecule has 0 fully saturated rings. The highest BCUT2D eigenvalue weighted by molar-refractivity contribution is 7.11. The summed E-state index contributed by atoms with van der Waals surface area (Å²) in [6, 6.07) is 5.35. The zero-order valence-electron chi connectivity index (χ0n) is 7.80. The fourth-order valence-electron chi connectivity index (χ4n) is 1.03. The molecule has 5 heteroatoms. The summed E-state index contributed by atoms with van der Waals surface area (Å²) < 4.78 is 0. The van der Waals surface area contributed by atoms with Crippen LogP contribution in [0.15, 0.2) is 23.3 Å². The van der Waals surface area contributed by atoms with Crippen molar-refractivity contribution in [2.75, 3.05) is 0 Å². The number of nitriles is 1. The first kappa shape index (κ1) is 11.3. The average molecular weight is 223 g/mol. The fraction of sp³-hybridized carbons (Fsp3) is 0.200. The van der Waals surface area contributed by atoms with Gasteiger partial charge in [0, 0.05) is 11.3 Å². The van der Waals surface area contributed by atoms with Gasteiger partial charge in [0.15, 0.2) is 0 Å². The number of hydrogen-bond donors (Lipinski definition) is 2. The molecule has 0 atom stereocenters. The van der Waals surface area contributed by atoms with Crippen molar-refractivity contribution >= 4 is 22.9 Å². The van der Waals surface area contributed by atoms with Gasteiger partial charge < -0.3 is 10.2 Å². The lowest BCUT2D eigenvalue weighted by atomic mass is 10.1. The standard InChI is InChI=1S/C10H9NO3S/c11-6-7(9-2-1-5-15-9)8(12)3-4-10(13)14/h1-2,5,12H,3-4H2,(H,13,14)/b8-7-. The number of hydrogen-bond acceptors (Lipinski definition) is 4. The second-order valence-electron chi connectivity index (χ2n) is 2.80. The minimum Gasteiger partial charge on any atom is -0.511 e. The van der Waals surface area contributed by atoms with E-state index >= 15 is 0 Å². The van der Waals surface area contributed by atoms with E-state index in [4.69, 9.17) is 10.4 Å². The number of carboxylic acids is 1. The molecular formula is C10H9NO3S. The summed E-state index contributed by atoms with van der Waals surface area (Å²) in [7, 11) is 0. The lowest BCUT2D eigenvalue weighted by molar-refractivity contribution is -0.137. The van der Waals surface area contributed by atoms with Crippen LogP contribution in [0.2, 0.25) is 0 Å². The molecule has 0 aliphatic heterocycles. The van der Waals surface area contributed by atoms with Crippen molar-refractivity contribution in [3.63, 3.8) is 0 Å². The van der Waals surface area contributed by atoms with Crippen LogP contribution in [0.4, 0.5) is 0 Å². The molecule has 1 heterocycles. The number of rotatable bonds is 4. The van der Waals surface area contributed by atoms with Gasteiger partial charge in [0.05, 0.1) is 6.42 Å². The Balaban J connectivity index is 2.85. The molecule has 1 rings (SSSR count). The Morgan fingerprint density at radius 1 is 1.47 bits per heavy atom. The first-order chi connectivity index (χ1) is 7.15. The van der Waals surface area contributed by atoms with Gasteiger partial charge in [0.2, 0.25) is 0 Å². The summed E-state index contributed by atoms with van der Waals surface area (Å²) in [5.74, 6) is -1.16. The van der Waals surface area contributed by atoms with Gasteiger partial charge in [-0.05, 0) is 11.4 Å². The van der Waals surface area contributed by atoms with E-state index in [2.05, 4.69) is 0 Å². The summed E-state index contributed by atoms with van der Waals surface area (Å²) in [6.07, 6.45) is -0.196. The Morgan fingerprint density at radius 2 is 2.20 bits per heavy atom. The van der Waals surface area contributed by atoms with Crippen LogP contribution < -0.4 is 0 Å². The average Bonchev–Trinajstić information content (AvgIpc) is 2.69. The maximum absolute atomic E-state index is 10.3. The van der Waals surface area contributed by atoms with Crippen LogP contribution in [0.25, 0.3) is 5.57 Å². The number of aliphatic hydroxyl groups is 1. The molecule has 0 aliphatic rings. The monoisotopic (exact) mass is 223 g/mol. The number of aliphatic hydroxyl groups excluding tert-OH is 1. The molecule has 0 unspecified atom stereocenters. The van der Waals surface area contributed by atoms with Crippen LogP contribution in [0.1, 0.15) is 17.7 Å². The Labute approximate surface area is 90.7 Å². The molecule has 15 heavy (non-hydrogen) atoms. The number of carbonyl (C=O) groups is 1. The van der Waals surface area contributed by atoms with Crippen molar-refractivity contribution < 1.29 is 15.0 Å². The molecule has 78 valence electrons. The van der Waals surface area contributed by atoms with Crippen molar-refractivity contribution in [3.8, 4) is 6.07 Å². The van der Waals surface area contributed by atoms with Crippen LogP contribution >= 0.6 is 11.3 Å². The summed E-state index contributed by atoms with van der Waals surface area (Å²) >= 11 is 1.33. The highest BCUT2D eigenvalue weighted by atomic mass is 32.1. The van der Waals surface area contributed by atoms with Gasteiger partial charge in [0.25, 0.3) is 0 Å². The van der Waals surface area contributed by atoms with Gasteiger partial charge >= 0.3 is 5.97 Å². The number of carboxylic acid groups (broad SMARTS) is 1. The third kappa shape index (κ3) is 3.11. The van der Waals surface area contributed by atoms with Gasteiger partial charge in [-0.1, -0.05) is 6.07 Å². The summed E-state index contributed by atoms with van der Waals surface area (Å²) in [5, 5.41) is 28.6. The van der Waals surface area contributed by atoms with Gasteiger partial charge in [-0.2, -0.15) is 5.26 Å². The molecule has 0 saturated heterocycles. The summed E-state index contributed by atoms with van der Waals surface area (Å²) in [5.41, 5.74) is 0.159. The maximum atomic E-state index is 10.3. The van der Waals surface area contributed by atoms with Crippen LogP contribution in [-0.4, -0.2) is 16.2 Å². The van der Waals surface area contributed by atoms with E-state index in [1.54, 1.807) is 17.5 Å². The fourth-order valence-corrected chi connectivity index (χ4v) is 1.78.